The lowest BCUT2D eigenvalue weighted by atomic mass is 10.1. The van der Waals surface area contributed by atoms with E-state index in [-0.39, 0.29) is 29.3 Å². The van der Waals surface area contributed by atoms with E-state index in [1.54, 1.807) is 30.3 Å². The van der Waals surface area contributed by atoms with Crippen LogP contribution in [0.15, 0.2) is 58.2 Å². The Morgan fingerprint density at radius 2 is 1.86 bits per heavy atom. The zero-order valence-corrected chi connectivity index (χ0v) is 16.3. The van der Waals surface area contributed by atoms with E-state index in [9.17, 15) is 9.59 Å². The summed E-state index contributed by atoms with van der Waals surface area (Å²) in [5.41, 5.74) is 1.20. The molecule has 0 fully saturated rings. The van der Waals surface area contributed by atoms with Crippen molar-refractivity contribution in [3.63, 3.8) is 0 Å². The number of para-hydroxylation sites is 2. The first-order valence-electron chi connectivity index (χ1n) is 8.84. The normalized spacial score (nSPS) is 15.0. The highest BCUT2D eigenvalue weighted by molar-refractivity contribution is 7.99. The van der Waals surface area contributed by atoms with E-state index in [0.717, 1.165) is 11.8 Å². The quantitative estimate of drug-likeness (QED) is 0.485. The minimum Gasteiger partial charge on any atom is -0.485 e. The number of benzene rings is 2. The van der Waals surface area contributed by atoms with Crippen molar-refractivity contribution in [3.8, 4) is 11.5 Å². The lowest BCUT2D eigenvalue weighted by molar-refractivity contribution is -0.113. The number of aromatic nitrogens is 2. The van der Waals surface area contributed by atoms with Gasteiger partial charge in [0.25, 0.3) is 11.1 Å². The number of fused-ring (bicyclic) bond motifs is 1. The van der Waals surface area contributed by atoms with E-state index in [4.69, 9.17) is 13.9 Å². The minimum atomic E-state index is -0.500. The number of carbonyl (C=O) groups is 2. The van der Waals surface area contributed by atoms with Gasteiger partial charge < -0.3 is 19.2 Å². The van der Waals surface area contributed by atoms with Crippen LogP contribution in [0.2, 0.25) is 0 Å². The van der Waals surface area contributed by atoms with Gasteiger partial charge in [-0.1, -0.05) is 23.9 Å². The molecular formula is C20H17N3O5S. The minimum absolute atomic E-state index is 0.0264. The molecule has 3 aromatic rings. The fourth-order valence-electron chi connectivity index (χ4n) is 2.66. The topological polar surface area (TPSA) is 104 Å². The van der Waals surface area contributed by atoms with Gasteiger partial charge in [0.2, 0.25) is 12.0 Å². The highest BCUT2D eigenvalue weighted by Crippen LogP contribution is 2.35. The number of carbonyl (C=O) groups excluding carboxylic acids is 2. The van der Waals surface area contributed by atoms with Gasteiger partial charge in [-0.15, -0.1) is 10.2 Å². The zero-order chi connectivity index (χ0) is 20.2. The molecule has 1 aliphatic rings. The lowest BCUT2D eigenvalue weighted by Gasteiger charge is -2.23. The van der Waals surface area contributed by atoms with E-state index in [1.165, 1.54) is 6.92 Å². The molecule has 0 radical (unpaired) electrons. The molecule has 148 valence electrons. The molecule has 1 amide bonds. The van der Waals surface area contributed by atoms with Gasteiger partial charge in [-0.2, -0.15) is 0 Å². The van der Waals surface area contributed by atoms with Crippen molar-refractivity contribution in [3.05, 3.63) is 60.0 Å². The van der Waals surface area contributed by atoms with E-state index < -0.39 is 6.10 Å². The van der Waals surface area contributed by atoms with Crippen LogP contribution in [-0.2, 0) is 4.79 Å². The SMILES string of the molecule is CC(=O)c1ccc(NC(=O)CSc2nnc([C@H]3COc4ccccc4O3)o2)cc1. The second-order valence-electron chi connectivity index (χ2n) is 6.24. The molecule has 2 aromatic carbocycles. The molecule has 4 rings (SSSR count). The summed E-state index contributed by atoms with van der Waals surface area (Å²) in [5.74, 6) is 1.43. The molecule has 0 aliphatic carbocycles. The van der Waals surface area contributed by atoms with Crippen LogP contribution in [0.4, 0.5) is 5.69 Å². The number of anilines is 1. The predicted octanol–water partition coefficient (Wildman–Crippen LogP) is 3.52. The van der Waals surface area contributed by atoms with E-state index in [0.29, 0.717) is 28.6 Å². The van der Waals surface area contributed by atoms with Crippen LogP contribution in [-0.4, -0.2) is 34.2 Å². The third-order valence-electron chi connectivity index (χ3n) is 4.11. The second-order valence-corrected chi connectivity index (χ2v) is 7.17. The molecule has 1 N–H and O–H groups in total. The molecule has 2 heterocycles. The van der Waals surface area contributed by atoms with Gasteiger partial charge in [0, 0.05) is 11.3 Å². The monoisotopic (exact) mass is 411 g/mol. The number of nitrogens with one attached hydrogen (secondary N) is 1. The fraction of sp³-hybridized carbons (Fsp3) is 0.200. The number of ether oxygens (including phenoxy) is 2. The number of hydrogen-bond donors (Lipinski definition) is 1. The average molecular weight is 411 g/mol. The molecule has 0 saturated carbocycles. The number of thioether (sulfide) groups is 1. The van der Waals surface area contributed by atoms with Crippen molar-refractivity contribution >= 4 is 29.1 Å². The van der Waals surface area contributed by atoms with Gasteiger partial charge in [0.15, 0.2) is 17.3 Å². The smallest absolute Gasteiger partial charge is 0.277 e. The Kier molecular flexibility index (Phi) is 5.48. The third kappa shape index (κ3) is 4.57. The molecule has 0 spiro atoms. The maximum atomic E-state index is 12.1. The highest BCUT2D eigenvalue weighted by Gasteiger charge is 2.27. The summed E-state index contributed by atoms with van der Waals surface area (Å²) in [5, 5.41) is 11.0. The van der Waals surface area contributed by atoms with Crippen LogP contribution >= 0.6 is 11.8 Å². The van der Waals surface area contributed by atoms with Crippen LogP contribution in [0.5, 0.6) is 11.5 Å². The largest absolute Gasteiger partial charge is 0.485 e. The van der Waals surface area contributed by atoms with Gasteiger partial charge >= 0.3 is 0 Å². The van der Waals surface area contributed by atoms with Gasteiger partial charge in [-0.05, 0) is 43.3 Å². The van der Waals surface area contributed by atoms with Gasteiger partial charge in [-0.3, -0.25) is 9.59 Å². The fourth-order valence-corrected chi connectivity index (χ4v) is 3.23. The first kappa shape index (κ1) is 19.0. The summed E-state index contributed by atoms with van der Waals surface area (Å²) in [4.78, 5) is 23.4. The van der Waals surface area contributed by atoms with Crippen molar-refractivity contribution in [1.29, 1.82) is 0 Å². The Hall–Kier alpha value is -3.33. The van der Waals surface area contributed by atoms with Crippen molar-refractivity contribution in [2.75, 3.05) is 17.7 Å². The van der Waals surface area contributed by atoms with Crippen molar-refractivity contribution in [2.45, 2.75) is 18.3 Å². The van der Waals surface area contributed by atoms with E-state index in [2.05, 4.69) is 15.5 Å². The lowest BCUT2D eigenvalue weighted by Crippen LogP contribution is -2.21. The van der Waals surface area contributed by atoms with Gasteiger partial charge in [0.1, 0.15) is 6.61 Å². The van der Waals surface area contributed by atoms with Crippen molar-refractivity contribution < 1.29 is 23.5 Å². The Bertz CT molecular complexity index is 1030. The maximum Gasteiger partial charge on any atom is 0.277 e. The molecule has 29 heavy (non-hydrogen) atoms. The van der Waals surface area contributed by atoms with E-state index in [1.807, 2.05) is 18.2 Å². The molecule has 1 aromatic heterocycles. The summed E-state index contributed by atoms with van der Waals surface area (Å²) in [6.07, 6.45) is -0.500. The molecule has 0 unspecified atom stereocenters. The van der Waals surface area contributed by atoms with E-state index >= 15 is 0 Å². The molecule has 0 bridgehead atoms. The maximum absolute atomic E-state index is 12.1. The van der Waals surface area contributed by atoms with Crippen molar-refractivity contribution in [1.82, 2.24) is 10.2 Å². The zero-order valence-electron chi connectivity index (χ0n) is 15.5. The van der Waals surface area contributed by atoms with Crippen LogP contribution < -0.4 is 14.8 Å². The Morgan fingerprint density at radius 1 is 1.10 bits per heavy atom. The molecular weight excluding hydrogens is 394 g/mol. The summed E-state index contributed by atoms with van der Waals surface area (Å²) >= 11 is 1.12. The first-order chi connectivity index (χ1) is 14.1. The van der Waals surface area contributed by atoms with Gasteiger partial charge in [0.05, 0.1) is 5.75 Å². The summed E-state index contributed by atoms with van der Waals surface area (Å²) in [6.45, 7) is 1.76. The molecule has 0 saturated heterocycles. The Balaban J connectivity index is 1.30. The number of nitrogens with zero attached hydrogens (tertiary/aromatic N) is 2. The highest BCUT2D eigenvalue weighted by atomic mass is 32.2. The second kappa shape index (κ2) is 8.36. The van der Waals surface area contributed by atoms with Crippen molar-refractivity contribution in [2.24, 2.45) is 0 Å². The van der Waals surface area contributed by atoms with Crippen LogP contribution in [0.1, 0.15) is 29.3 Å². The average Bonchev–Trinajstić information content (AvgIpc) is 3.21. The molecule has 1 aliphatic heterocycles. The third-order valence-corrected chi connectivity index (χ3v) is 4.93. The number of Topliss-reactive ketones (excluding diaryl/α,β-unsaturated/α-hetero) is 1. The van der Waals surface area contributed by atoms with Crippen LogP contribution in [0.25, 0.3) is 0 Å². The number of ketones is 1. The van der Waals surface area contributed by atoms with Crippen LogP contribution in [0.3, 0.4) is 0 Å². The summed E-state index contributed by atoms with van der Waals surface area (Å²) in [7, 11) is 0. The predicted molar refractivity (Wildman–Crippen MR) is 105 cm³/mol. The number of hydrogen-bond acceptors (Lipinski definition) is 8. The van der Waals surface area contributed by atoms with Gasteiger partial charge in [-0.25, -0.2) is 0 Å². The molecule has 1 atom stereocenters. The first-order valence-corrected chi connectivity index (χ1v) is 9.82. The summed E-state index contributed by atoms with van der Waals surface area (Å²) in [6, 6.07) is 14.1. The van der Waals surface area contributed by atoms with Crippen LogP contribution in [0, 0.1) is 0 Å². The number of amides is 1. The standard InChI is InChI=1S/C20H17N3O5S/c1-12(24)13-6-8-14(9-7-13)21-18(25)11-29-20-23-22-19(28-20)17-10-26-15-4-2-3-5-16(15)27-17/h2-9,17H,10-11H2,1H3,(H,21,25)/t17-/m1/s1. The molecule has 8 nitrogen and oxygen atoms in total. The summed E-state index contributed by atoms with van der Waals surface area (Å²) < 4.78 is 17.1. The molecule has 9 heteroatoms. The Morgan fingerprint density at radius 3 is 2.62 bits per heavy atom. The number of rotatable bonds is 6. The Labute approximate surface area is 170 Å².